The van der Waals surface area contributed by atoms with Crippen LogP contribution in [-0.2, 0) is 6.54 Å². The Labute approximate surface area is 125 Å². The maximum Gasteiger partial charge on any atom is 0.115 e. The quantitative estimate of drug-likeness (QED) is 0.915. The SMILES string of the molecule is CN1CCN(Cc2ccccc2Cl)CC1C1=NCCN1. The van der Waals surface area contributed by atoms with Crippen LogP contribution in [0.1, 0.15) is 5.56 Å². The van der Waals surface area contributed by atoms with Crippen molar-refractivity contribution in [1.82, 2.24) is 15.1 Å². The number of amidine groups is 1. The van der Waals surface area contributed by atoms with Crippen LogP contribution in [0, 0.1) is 0 Å². The third kappa shape index (κ3) is 2.97. The van der Waals surface area contributed by atoms with Crippen LogP contribution < -0.4 is 5.32 Å². The molecule has 0 aliphatic carbocycles. The van der Waals surface area contributed by atoms with Crippen LogP contribution in [0.2, 0.25) is 5.02 Å². The van der Waals surface area contributed by atoms with Gasteiger partial charge in [-0.15, -0.1) is 0 Å². The molecule has 1 saturated heterocycles. The molecule has 20 heavy (non-hydrogen) atoms. The number of piperazine rings is 1. The van der Waals surface area contributed by atoms with Gasteiger partial charge in [0.1, 0.15) is 5.84 Å². The van der Waals surface area contributed by atoms with Crippen LogP contribution in [0.4, 0.5) is 0 Å². The Hall–Kier alpha value is -1.10. The Bertz CT molecular complexity index is 502. The maximum atomic E-state index is 6.26. The molecule has 1 aromatic carbocycles. The second-order valence-corrected chi connectivity index (χ2v) is 5.92. The van der Waals surface area contributed by atoms with E-state index in [9.17, 15) is 0 Å². The van der Waals surface area contributed by atoms with Gasteiger partial charge in [0.05, 0.1) is 12.6 Å². The van der Waals surface area contributed by atoms with Gasteiger partial charge >= 0.3 is 0 Å². The Morgan fingerprint density at radius 3 is 2.95 bits per heavy atom. The molecule has 108 valence electrons. The average molecular weight is 293 g/mol. The predicted octanol–water partition coefficient (Wildman–Crippen LogP) is 1.46. The minimum absolute atomic E-state index is 0.383. The molecular weight excluding hydrogens is 272 g/mol. The van der Waals surface area contributed by atoms with Crippen molar-refractivity contribution in [2.75, 3.05) is 39.8 Å². The minimum Gasteiger partial charge on any atom is -0.371 e. The summed E-state index contributed by atoms with van der Waals surface area (Å²) in [5, 5.41) is 4.27. The van der Waals surface area contributed by atoms with E-state index >= 15 is 0 Å². The summed E-state index contributed by atoms with van der Waals surface area (Å²) < 4.78 is 0. The largest absolute Gasteiger partial charge is 0.371 e. The van der Waals surface area contributed by atoms with Gasteiger partial charge in [0.2, 0.25) is 0 Å². The summed E-state index contributed by atoms with van der Waals surface area (Å²) in [6, 6.07) is 8.50. The Morgan fingerprint density at radius 1 is 1.35 bits per heavy atom. The number of aliphatic imine (C=N–C) groups is 1. The molecule has 0 saturated carbocycles. The molecule has 1 fully saturated rings. The van der Waals surface area contributed by atoms with E-state index in [4.69, 9.17) is 11.6 Å². The van der Waals surface area contributed by atoms with Crippen molar-refractivity contribution in [2.45, 2.75) is 12.6 Å². The summed E-state index contributed by atoms with van der Waals surface area (Å²) in [5.41, 5.74) is 1.21. The van der Waals surface area contributed by atoms with Gasteiger partial charge in [0.15, 0.2) is 0 Å². The van der Waals surface area contributed by atoms with Crippen LogP contribution in [0.3, 0.4) is 0 Å². The molecule has 1 unspecified atom stereocenters. The molecule has 1 atom stereocenters. The molecule has 1 aromatic rings. The number of nitrogens with one attached hydrogen (secondary N) is 1. The number of halogens is 1. The van der Waals surface area contributed by atoms with E-state index in [0.29, 0.717) is 6.04 Å². The van der Waals surface area contributed by atoms with E-state index in [-0.39, 0.29) is 0 Å². The van der Waals surface area contributed by atoms with E-state index in [1.54, 1.807) is 0 Å². The molecule has 3 rings (SSSR count). The summed E-state index contributed by atoms with van der Waals surface area (Å²) in [6.45, 7) is 5.94. The van der Waals surface area contributed by atoms with E-state index in [1.165, 1.54) is 5.56 Å². The lowest BCUT2D eigenvalue weighted by Gasteiger charge is -2.39. The van der Waals surface area contributed by atoms with Crippen LogP contribution in [-0.4, -0.2) is 61.4 Å². The van der Waals surface area contributed by atoms with E-state index in [1.807, 2.05) is 12.1 Å². The van der Waals surface area contributed by atoms with Crippen LogP contribution in [0.25, 0.3) is 0 Å². The number of hydrogen-bond acceptors (Lipinski definition) is 4. The van der Waals surface area contributed by atoms with E-state index < -0.39 is 0 Å². The highest BCUT2D eigenvalue weighted by Gasteiger charge is 2.29. The third-order valence-electron chi connectivity index (χ3n) is 4.10. The van der Waals surface area contributed by atoms with Gasteiger partial charge in [-0.05, 0) is 18.7 Å². The van der Waals surface area contributed by atoms with Gasteiger partial charge in [-0.2, -0.15) is 0 Å². The van der Waals surface area contributed by atoms with E-state index in [0.717, 1.165) is 50.1 Å². The van der Waals surface area contributed by atoms with E-state index in [2.05, 4.69) is 39.3 Å². The molecule has 2 heterocycles. The first kappa shape index (κ1) is 13.9. The van der Waals surface area contributed by atoms with Gasteiger partial charge in [0, 0.05) is 37.7 Å². The van der Waals surface area contributed by atoms with Crippen LogP contribution in [0.5, 0.6) is 0 Å². The topological polar surface area (TPSA) is 30.9 Å². The highest BCUT2D eigenvalue weighted by atomic mass is 35.5. The molecule has 0 amide bonds. The van der Waals surface area contributed by atoms with Crippen LogP contribution in [0.15, 0.2) is 29.3 Å². The second kappa shape index (κ2) is 6.12. The Morgan fingerprint density at radius 2 is 2.20 bits per heavy atom. The van der Waals surface area contributed by atoms with Crippen molar-refractivity contribution in [3.63, 3.8) is 0 Å². The fourth-order valence-electron chi connectivity index (χ4n) is 2.88. The highest BCUT2D eigenvalue weighted by Crippen LogP contribution is 2.19. The standard InChI is InChI=1S/C15H21ClN4/c1-19-8-9-20(10-12-4-2-3-5-13(12)16)11-14(19)15-17-6-7-18-15/h2-5,14H,6-11H2,1H3,(H,17,18). The molecule has 2 aliphatic heterocycles. The monoisotopic (exact) mass is 292 g/mol. The molecule has 1 N–H and O–H groups in total. The number of nitrogens with zero attached hydrogens (tertiary/aromatic N) is 3. The zero-order chi connectivity index (χ0) is 13.9. The maximum absolute atomic E-state index is 6.26. The van der Waals surface area contributed by atoms with Crippen molar-refractivity contribution in [3.05, 3.63) is 34.9 Å². The first-order chi connectivity index (χ1) is 9.74. The fraction of sp³-hybridized carbons (Fsp3) is 0.533. The molecule has 5 heteroatoms. The molecular formula is C15H21ClN4. The molecule has 0 radical (unpaired) electrons. The van der Waals surface area contributed by atoms with Crippen molar-refractivity contribution in [2.24, 2.45) is 4.99 Å². The Balaban J connectivity index is 1.68. The first-order valence-corrected chi connectivity index (χ1v) is 7.56. The lowest BCUT2D eigenvalue weighted by Crippen LogP contribution is -2.56. The summed E-state index contributed by atoms with van der Waals surface area (Å²) >= 11 is 6.26. The first-order valence-electron chi connectivity index (χ1n) is 7.18. The van der Waals surface area contributed by atoms with Gasteiger partial charge in [-0.1, -0.05) is 29.8 Å². The smallest absolute Gasteiger partial charge is 0.115 e. The molecule has 0 aromatic heterocycles. The third-order valence-corrected chi connectivity index (χ3v) is 4.47. The Kier molecular flexibility index (Phi) is 4.24. The fourth-order valence-corrected chi connectivity index (χ4v) is 3.07. The lowest BCUT2D eigenvalue weighted by atomic mass is 10.1. The van der Waals surface area contributed by atoms with Gasteiger partial charge in [-0.3, -0.25) is 14.8 Å². The van der Waals surface area contributed by atoms with Crippen molar-refractivity contribution >= 4 is 17.4 Å². The van der Waals surface area contributed by atoms with Crippen molar-refractivity contribution in [3.8, 4) is 0 Å². The predicted molar refractivity (Wildman–Crippen MR) is 83.5 cm³/mol. The lowest BCUT2D eigenvalue weighted by molar-refractivity contribution is 0.121. The summed E-state index contributed by atoms with van der Waals surface area (Å²) in [4.78, 5) is 9.44. The van der Waals surface area contributed by atoms with Gasteiger partial charge in [-0.25, -0.2) is 0 Å². The zero-order valence-corrected chi connectivity index (χ0v) is 12.6. The normalized spacial score (nSPS) is 24.5. The number of benzene rings is 1. The minimum atomic E-state index is 0.383. The number of likely N-dealkylation sites (N-methyl/N-ethyl adjacent to an activating group) is 1. The number of hydrogen-bond donors (Lipinski definition) is 1. The highest BCUT2D eigenvalue weighted by molar-refractivity contribution is 6.31. The van der Waals surface area contributed by atoms with Crippen LogP contribution >= 0.6 is 11.6 Å². The average Bonchev–Trinajstić information content (AvgIpc) is 2.97. The summed E-state index contributed by atoms with van der Waals surface area (Å²) in [7, 11) is 2.18. The molecule has 0 bridgehead atoms. The molecule has 0 spiro atoms. The summed E-state index contributed by atoms with van der Waals surface area (Å²) in [5.74, 6) is 1.15. The zero-order valence-electron chi connectivity index (χ0n) is 11.8. The summed E-state index contributed by atoms with van der Waals surface area (Å²) in [6.07, 6.45) is 0. The second-order valence-electron chi connectivity index (χ2n) is 5.52. The number of rotatable bonds is 3. The molecule has 4 nitrogen and oxygen atoms in total. The van der Waals surface area contributed by atoms with Gasteiger partial charge in [0.25, 0.3) is 0 Å². The van der Waals surface area contributed by atoms with Crippen molar-refractivity contribution < 1.29 is 0 Å². The van der Waals surface area contributed by atoms with Crippen molar-refractivity contribution in [1.29, 1.82) is 0 Å². The molecule has 2 aliphatic rings. The van der Waals surface area contributed by atoms with Gasteiger partial charge < -0.3 is 5.32 Å².